The summed E-state index contributed by atoms with van der Waals surface area (Å²) in [6.07, 6.45) is 3.11. The van der Waals surface area contributed by atoms with E-state index in [4.69, 9.17) is 5.73 Å². The molecule has 0 aliphatic rings. The van der Waals surface area contributed by atoms with E-state index in [1.165, 1.54) is 24.5 Å². The van der Waals surface area contributed by atoms with Gasteiger partial charge in [0.25, 0.3) is 0 Å². The van der Waals surface area contributed by atoms with Crippen molar-refractivity contribution in [1.82, 2.24) is 9.97 Å². The number of aromatic nitrogens is 2. The van der Waals surface area contributed by atoms with Gasteiger partial charge in [-0.05, 0) is 11.6 Å². The van der Waals surface area contributed by atoms with Gasteiger partial charge in [-0.1, -0.05) is 6.07 Å². The Morgan fingerprint density at radius 2 is 1.81 bits per heavy atom. The van der Waals surface area contributed by atoms with Crippen LogP contribution in [0.1, 0.15) is 11.4 Å². The van der Waals surface area contributed by atoms with Gasteiger partial charge in [0.15, 0.2) is 0 Å². The summed E-state index contributed by atoms with van der Waals surface area (Å²) in [4.78, 5) is 7.88. The van der Waals surface area contributed by atoms with Crippen molar-refractivity contribution in [2.24, 2.45) is 0 Å². The Morgan fingerprint density at radius 3 is 2.44 bits per heavy atom. The minimum Gasteiger partial charge on any atom is -0.396 e. The molecule has 0 unspecified atom stereocenters. The second-order valence-electron chi connectivity index (χ2n) is 3.35. The molecular formula is C11H9F2N3. The maximum absolute atomic E-state index is 13.3. The monoisotopic (exact) mass is 221 g/mol. The molecule has 1 aromatic heterocycles. The summed E-state index contributed by atoms with van der Waals surface area (Å²) < 4.78 is 25.9. The zero-order valence-corrected chi connectivity index (χ0v) is 8.32. The van der Waals surface area contributed by atoms with Crippen LogP contribution in [0.3, 0.4) is 0 Å². The largest absolute Gasteiger partial charge is 0.396 e. The van der Waals surface area contributed by atoms with Gasteiger partial charge < -0.3 is 5.73 Å². The highest BCUT2D eigenvalue weighted by molar-refractivity contribution is 5.31. The molecule has 5 heteroatoms. The highest BCUT2D eigenvalue weighted by Gasteiger charge is 2.06. The number of benzene rings is 1. The third kappa shape index (κ3) is 2.31. The number of anilines is 1. The highest BCUT2D eigenvalue weighted by Crippen LogP contribution is 2.12. The van der Waals surface area contributed by atoms with Crippen LogP contribution in [0.5, 0.6) is 0 Å². The molecule has 0 atom stereocenters. The van der Waals surface area contributed by atoms with Crippen LogP contribution in [0.15, 0.2) is 30.6 Å². The minimum absolute atomic E-state index is 0.215. The molecule has 1 heterocycles. The number of nitrogens with two attached hydrogens (primary N) is 1. The van der Waals surface area contributed by atoms with Gasteiger partial charge in [-0.3, -0.25) is 0 Å². The van der Waals surface area contributed by atoms with E-state index in [0.717, 1.165) is 6.07 Å². The van der Waals surface area contributed by atoms with E-state index in [9.17, 15) is 8.78 Å². The predicted octanol–water partition coefficient (Wildman–Crippen LogP) is 1.93. The van der Waals surface area contributed by atoms with Crippen molar-refractivity contribution >= 4 is 5.69 Å². The average molecular weight is 221 g/mol. The van der Waals surface area contributed by atoms with Crippen LogP contribution in [0.2, 0.25) is 0 Å². The lowest BCUT2D eigenvalue weighted by atomic mass is 10.1. The zero-order valence-electron chi connectivity index (χ0n) is 8.32. The molecule has 16 heavy (non-hydrogen) atoms. The standard InChI is InChI=1S/C11H9F2N3/c12-8-2-1-7(10(13)4-8)3-11-15-5-9(14)6-16-11/h1-2,4-6H,3,14H2. The average Bonchev–Trinajstić information content (AvgIpc) is 2.25. The summed E-state index contributed by atoms with van der Waals surface area (Å²) in [6.45, 7) is 0. The molecule has 0 aliphatic carbocycles. The van der Waals surface area contributed by atoms with E-state index >= 15 is 0 Å². The van der Waals surface area contributed by atoms with Crippen LogP contribution in [-0.2, 0) is 6.42 Å². The second kappa shape index (κ2) is 4.22. The van der Waals surface area contributed by atoms with Crippen LogP contribution < -0.4 is 5.73 Å². The molecule has 1 aromatic carbocycles. The molecule has 0 fully saturated rings. The van der Waals surface area contributed by atoms with Crippen molar-refractivity contribution < 1.29 is 8.78 Å². The van der Waals surface area contributed by atoms with Crippen molar-refractivity contribution in [3.8, 4) is 0 Å². The fourth-order valence-electron chi connectivity index (χ4n) is 1.29. The van der Waals surface area contributed by atoms with Crippen LogP contribution in [0.25, 0.3) is 0 Å². The van der Waals surface area contributed by atoms with Gasteiger partial charge in [-0.2, -0.15) is 0 Å². The Hall–Kier alpha value is -2.04. The van der Waals surface area contributed by atoms with Crippen LogP contribution in [-0.4, -0.2) is 9.97 Å². The van der Waals surface area contributed by atoms with Gasteiger partial charge in [0.2, 0.25) is 0 Å². The van der Waals surface area contributed by atoms with Crippen LogP contribution >= 0.6 is 0 Å². The number of halogens is 2. The van der Waals surface area contributed by atoms with Crippen molar-refractivity contribution in [3.63, 3.8) is 0 Å². The topological polar surface area (TPSA) is 51.8 Å². The maximum atomic E-state index is 13.3. The zero-order chi connectivity index (χ0) is 11.5. The number of hydrogen-bond donors (Lipinski definition) is 1. The second-order valence-corrected chi connectivity index (χ2v) is 3.35. The van der Waals surface area contributed by atoms with E-state index in [-0.39, 0.29) is 6.42 Å². The highest BCUT2D eigenvalue weighted by atomic mass is 19.1. The van der Waals surface area contributed by atoms with E-state index in [2.05, 4.69) is 9.97 Å². The molecule has 0 bridgehead atoms. The van der Waals surface area contributed by atoms with Gasteiger partial charge in [-0.25, -0.2) is 18.7 Å². The van der Waals surface area contributed by atoms with Gasteiger partial charge in [-0.15, -0.1) is 0 Å². The van der Waals surface area contributed by atoms with Gasteiger partial charge in [0.05, 0.1) is 18.1 Å². The van der Waals surface area contributed by atoms with Gasteiger partial charge >= 0.3 is 0 Å². The quantitative estimate of drug-likeness (QED) is 0.842. The maximum Gasteiger partial charge on any atom is 0.132 e. The van der Waals surface area contributed by atoms with E-state index in [1.54, 1.807) is 0 Å². The number of hydrogen-bond acceptors (Lipinski definition) is 3. The summed E-state index contributed by atoms with van der Waals surface area (Å²) in [7, 11) is 0. The third-order valence-corrected chi connectivity index (χ3v) is 2.09. The molecular weight excluding hydrogens is 212 g/mol. The van der Waals surface area contributed by atoms with Crippen molar-refractivity contribution in [2.75, 3.05) is 5.73 Å². The molecule has 82 valence electrons. The lowest BCUT2D eigenvalue weighted by molar-refractivity contribution is 0.573. The number of nitrogen functional groups attached to an aromatic ring is 1. The summed E-state index contributed by atoms with van der Waals surface area (Å²) in [5.74, 6) is -0.750. The molecule has 0 saturated heterocycles. The Kier molecular flexibility index (Phi) is 2.76. The van der Waals surface area contributed by atoms with Gasteiger partial charge in [0.1, 0.15) is 17.5 Å². The summed E-state index contributed by atoms with van der Waals surface area (Å²) in [5.41, 5.74) is 6.22. The molecule has 0 aliphatic heterocycles. The van der Waals surface area contributed by atoms with Crippen LogP contribution in [0, 0.1) is 11.6 Å². The first-order chi connectivity index (χ1) is 7.65. The first kappa shape index (κ1) is 10.5. The molecule has 2 aromatic rings. The Morgan fingerprint density at radius 1 is 1.12 bits per heavy atom. The summed E-state index contributed by atoms with van der Waals surface area (Å²) >= 11 is 0. The minimum atomic E-state index is -0.598. The summed E-state index contributed by atoms with van der Waals surface area (Å²) in [5, 5.41) is 0. The van der Waals surface area contributed by atoms with Crippen molar-refractivity contribution in [2.45, 2.75) is 6.42 Å². The number of nitrogens with zero attached hydrogens (tertiary/aromatic N) is 2. The third-order valence-electron chi connectivity index (χ3n) is 2.09. The smallest absolute Gasteiger partial charge is 0.132 e. The lowest BCUT2D eigenvalue weighted by Gasteiger charge is -2.02. The predicted molar refractivity (Wildman–Crippen MR) is 55.6 cm³/mol. The van der Waals surface area contributed by atoms with Crippen LogP contribution in [0.4, 0.5) is 14.5 Å². The SMILES string of the molecule is Nc1cnc(Cc2ccc(F)cc2F)nc1. The molecule has 3 nitrogen and oxygen atoms in total. The lowest BCUT2D eigenvalue weighted by Crippen LogP contribution is -2.00. The molecule has 2 N–H and O–H groups in total. The fourth-order valence-corrected chi connectivity index (χ4v) is 1.29. The Labute approximate surface area is 91.0 Å². The Bertz CT molecular complexity index is 497. The molecule has 0 spiro atoms. The first-order valence-corrected chi connectivity index (χ1v) is 4.65. The van der Waals surface area contributed by atoms with Crippen molar-refractivity contribution in [1.29, 1.82) is 0 Å². The van der Waals surface area contributed by atoms with E-state index in [0.29, 0.717) is 17.1 Å². The first-order valence-electron chi connectivity index (χ1n) is 4.65. The molecule has 2 rings (SSSR count). The van der Waals surface area contributed by atoms with Crippen molar-refractivity contribution in [3.05, 3.63) is 53.6 Å². The van der Waals surface area contributed by atoms with E-state index < -0.39 is 11.6 Å². The summed E-state index contributed by atoms with van der Waals surface area (Å²) in [6, 6.07) is 3.42. The molecule has 0 saturated carbocycles. The molecule has 0 radical (unpaired) electrons. The number of rotatable bonds is 2. The van der Waals surface area contributed by atoms with E-state index in [1.807, 2.05) is 0 Å². The Balaban J connectivity index is 2.23. The molecule has 0 amide bonds. The van der Waals surface area contributed by atoms with Gasteiger partial charge in [0, 0.05) is 12.5 Å². The normalized spacial score (nSPS) is 10.4. The fraction of sp³-hybridized carbons (Fsp3) is 0.0909.